The van der Waals surface area contributed by atoms with E-state index in [1.165, 1.54) is 24.9 Å². The van der Waals surface area contributed by atoms with Gasteiger partial charge in [-0.3, -0.25) is 9.69 Å². The Morgan fingerprint density at radius 2 is 1.62 bits per heavy atom. The minimum Gasteiger partial charge on any atom is -0.410 e. The molecule has 1 aromatic heterocycles. The first kappa shape index (κ1) is 33.1. The van der Waals surface area contributed by atoms with E-state index >= 15 is 0 Å². The monoisotopic (exact) mass is 554 g/mol. The third kappa shape index (κ3) is 9.41. The molecule has 1 aromatic carbocycles. The molecule has 0 bridgehead atoms. The van der Waals surface area contributed by atoms with Crippen LogP contribution in [0.3, 0.4) is 0 Å². The Balaban J connectivity index is 0.00000371. The molecule has 0 fully saturated rings. The van der Waals surface area contributed by atoms with Crippen LogP contribution in [0.25, 0.3) is 0 Å². The van der Waals surface area contributed by atoms with Crippen molar-refractivity contribution in [1.82, 2.24) is 14.9 Å². The number of nitrogens with zero attached hydrogens (tertiary/aromatic N) is 5. The van der Waals surface area contributed by atoms with E-state index in [4.69, 9.17) is 9.53 Å². The second-order valence-electron chi connectivity index (χ2n) is 9.00. The number of aromatic nitrogens is 2. The molecule has 1 atom stereocenters. The second-order valence-corrected chi connectivity index (χ2v) is 9.00. The van der Waals surface area contributed by atoms with Crippen molar-refractivity contribution < 1.29 is 32.3 Å². The first-order chi connectivity index (χ1) is 18.3. The van der Waals surface area contributed by atoms with Gasteiger partial charge in [-0.2, -0.15) is 18.2 Å². The van der Waals surface area contributed by atoms with Gasteiger partial charge in [0.25, 0.3) is 0 Å². The van der Waals surface area contributed by atoms with Gasteiger partial charge in [0, 0.05) is 39.3 Å². The summed E-state index contributed by atoms with van der Waals surface area (Å²) in [7, 11) is 3.17. The number of anilines is 3. The minimum atomic E-state index is -5.05. The van der Waals surface area contributed by atoms with Gasteiger partial charge in [-0.05, 0) is 58.7 Å². The average Bonchev–Trinajstić information content (AvgIpc) is 2.87. The Kier molecular flexibility index (Phi) is 12.6. The van der Waals surface area contributed by atoms with Crippen molar-refractivity contribution >= 4 is 36.2 Å². The standard InChI is InChI=1S/C25H35F3N6O3.CH2O/c1-8-33(9-2)23-29-15-20(34(16(3)4)22(35)25(26,27)28)21(31-23)30-17(5)14-18-10-12-19(13-11-18)37-24(36)32(6)7;1-2/h10-13,15-17H,8-9,14H2,1-7H3,(H,29,30,31);1H2. The summed E-state index contributed by atoms with van der Waals surface area (Å²) in [4.78, 5) is 44.6. The molecule has 1 heterocycles. The molecule has 10 nitrogen and oxygen atoms in total. The molecule has 2 amide bonds. The summed E-state index contributed by atoms with van der Waals surface area (Å²) in [6.07, 6.45) is -3.80. The summed E-state index contributed by atoms with van der Waals surface area (Å²) in [6, 6.07) is 5.87. The smallest absolute Gasteiger partial charge is 0.410 e. The third-order valence-electron chi connectivity index (χ3n) is 5.46. The molecule has 1 N–H and O–H groups in total. The van der Waals surface area contributed by atoms with Crippen molar-refractivity contribution in [2.45, 2.75) is 59.3 Å². The molecule has 2 aromatic rings. The fourth-order valence-corrected chi connectivity index (χ4v) is 3.59. The maximum absolute atomic E-state index is 13.4. The number of hydrogen-bond acceptors (Lipinski definition) is 8. The highest BCUT2D eigenvalue weighted by atomic mass is 19.4. The predicted molar refractivity (Wildman–Crippen MR) is 144 cm³/mol. The summed E-state index contributed by atoms with van der Waals surface area (Å²) in [5, 5.41) is 3.17. The molecule has 13 heteroatoms. The Labute approximate surface area is 227 Å². The fraction of sp³-hybridized carbons (Fsp3) is 0.500. The number of hydrogen-bond donors (Lipinski definition) is 1. The molecule has 39 heavy (non-hydrogen) atoms. The van der Waals surface area contributed by atoms with E-state index in [0.717, 1.165) is 5.56 Å². The van der Waals surface area contributed by atoms with Gasteiger partial charge in [-0.15, -0.1) is 0 Å². The zero-order chi connectivity index (χ0) is 29.9. The van der Waals surface area contributed by atoms with Gasteiger partial charge < -0.3 is 24.6 Å². The summed E-state index contributed by atoms with van der Waals surface area (Å²) < 4.78 is 45.4. The molecular formula is C26H37F3N6O4. The minimum absolute atomic E-state index is 0.0500. The quantitative estimate of drug-likeness (QED) is 0.456. The average molecular weight is 555 g/mol. The van der Waals surface area contributed by atoms with Crippen LogP contribution < -0.4 is 19.9 Å². The van der Waals surface area contributed by atoms with E-state index in [1.807, 2.05) is 32.5 Å². The van der Waals surface area contributed by atoms with Crippen LogP contribution in [0.1, 0.15) is 40.2 Å². The van der Waals surface area contributed by atoms with E-state index < -0.39 is 24.2 Å². The summed E-state index contributed by atoms with van der Waals surface area (Å²) in [5.74, 6) is -1.12. The van der Waals surface area contributed by atoms with Gasteiger partial charge in [-0.1, -0.05) is 12.1 Å². The van der Waals surface area contributed by atoms with Gasteiger partial charge in [0.1, 0.15) is 18.2 Å². The first-order valence-electron chi connectivity index (χ1n) is 12.3. The SMILES string of the molecule is C=O.CCN(CC)c1ncc(N(C(=O)C(F)(F)F)C(C)C)c(NC(C)Cc2ccc(OC(=O)N(C)C)cc2)n1. The van der Waals surface area contributed by atoms with Crippen molar-refractivity contribution in [2.75, 3.05) is 42.3 Å². The molecule has 216 valence electrons. The number of carbonyl (C=O) groups is 3. The van der Waals surface area contributed by atoms with Gasteiger partial charge in [0.2, 0.25) is 5.95 Å². The van der Waals surface area contributed by atoms with Crippen molar-refractivity contribution in [3.8, 4) is 5.75 Å². The van der Waals surface area contributed by atoms with E-state index in [9.17, 15) is 22.8 Å². The molecule has 0 saturated heterocycles. The lowest BCUT2D eigenvalue weighted by atomic mass is 10.1. The summed E-state index contributed by atoms with van der Waals surface area (Å²) >= 11 is 0. The predicted octanol–water partition coefficient (Wildman–Crippen LogP) is 4.55. The Bertz CT molecular complexity index is 1080. The highest BCUT2D eigenvalue weighted by Gasteiger charge is 2.45. The van der Waals surface area contributed by atoms with E-state index in [2.05, 4.69) is 15.3 Å². The summed E-state index contributed by atoms with van der Waals surface area (Å²) in [5.41, 5.74) is 0.849. The Hall–Kier alpha value is -3.90. The van der Waals surface area contributed by atoms with Crippen LogP contribution in [0, 0.1) is 0 Å². The Morgan fingerprint density at radius 1 is 1.05 bits per heavy atom. The van der Waals surface area contributed by atoms with Crippen LogP contribution >= 0.6 is 0 Å². The lowest BCUT2D eigenvalue weighted by molar-refractivity contribution is -0.170. The lowest BCUT2D eigenvalue weighted by Crippen LogP contribution is -2.46. The number of alkyl halides is 3. The largest absolute Gasteiger partial charge is 0.471 e. The van der Waals surface area contributed by atoms with Crippen LogP contribution in [0.15, 0.2) is 30.5 Å². The first-order valence-corrected chi connectivity index (χ1v) is 12.3. The molecule has 1 unspecified atom stereocenters. The zero-order valence-electron chi connectivity index (χ0n) is 23.4. The van der Waals surface area contributed by atoms with Crippen molar-refractivity contribution in [2.24, 2.45) is 0 Å². The normalized spacial score (nSPS) is 11.7. The van der Waals surface area contributed by atoms with Crippen LogP contribution in [0.2, 0.25) is 0 Å². The number of carbonyl (C=O) groups excluding carboxylic acids is 3. The Morgan fingerprint density at radius 3 is 2.08 bits per heavy atom. The maximum atomic E-state index is 13.4. The molecule has 0 aliphatic carbocycles. The van der Waals surface area contributed by atoms with E-state index in [0.29, 0.717) is 36.1 Å². The molecule has 0 saturated carbocycles. The van der Waals surface area contributed by atoms with Gasteiger partial charge in [0.15, 0.2) is 5.82 Å². The van der Waals surface area contributed by atoms with Crippen molar-refractivity contribution in [3.05, 3.63) is 36.0 Å². The molecule has 0 radical (unpaired) electrons. The van der Waals surface area contributed by atoms with Gasteiger partial charge >= 0.3 is 18.2 Å². The third-order valence-corrected chi connectivity index (χ3v) is 5.46. The number of rotatable bonds is 10. The van der Waals surface area contributed by atoms with Gasteiger partial charge in [-0.25, -0.2) is 9.78 Å². The van der Waals surface area contributed by atoms with Crippen molar-refractivity contribution in [3.63, 3.8) is 0 Å². The number of halogens is 3. The van der Waals surface area contributed by atoms with Crippen LogP contribution in [-0.2, 0) is 16.0 Å². The fourth-order valence-electron chi connectivity index (χ4n) is 3.59. The number of nitrogens with one attached hydrogen (secondary N) is 1. The molecule has 0 aliphatic rings. The van der Waals surface area contributed by atoms with Crippen LogP contribution in [0.4, 0.5) is 35.4 Å². The van der Waals surface area contributed by atoms with Crippen LogP contribution in [-0.4, -0.2) is 79.1 Å². The second kappa shape index (κ2) is 14.9. The number of ether oxygens (including phenoxy) is 1. The lowest BCUT2D eigenvalue weighted by Gasteiger charge is -2.30. The highest BCUT2D eigenvalue weighted by molar-refractivity contribution is 6.00. The number of amides is 2. The maximum Gasteiger partial charge on any atom is 0.471 e. The molecule has 2 rings (SSSR count). The highest BCUT2D eigenvalue weighted by Crippen LogP contribution is 2.32. The zero-order valence-corrected chi connectivity index (χ0v) is 23.4. The molecule has 0 spiro atoms. The number of benzene rings is 1. The van der Waals surface area contributed by atoms with Crippen molar-refractivity contribution in [1.29, 1.82) is 0 Å². The van der Waals surface area contributed by atoms with E-state index in [-0.39, 0.29) is 17.5 Å². The van der Waals surface area contributed by atoms with Gasteiger partial charge in [0.05, 0.1) is 6.20 Å². The summed E-state index contributed by atoms with van der Waals surface area (Å²) in [6.45, 7) is 11.9. The van der Waals surface area contributed by atoms with Crippen LogP contribution in [0.5, 0.6) is 5.75 Å². The topological polar surface area (TPSA) is 108 Å². The molecular weight excluding hydrogens is 517 g/mol. The van der Waals surface area contributed by atoms with E-state index in [1.54, 1.807) is 38.4 Å². The molecule has 0 aliphatic heterocycles.